The predicted molar refractivity (Wildman–Crippen MR) is 35.6 cm³/mol. The van der Waals surface area contributed by atoms with Gasteiger partial charge in [-0.1, -0.05) is 0 Å². The van der Waals surface area contributed by atoms with Crippen molar-refractivity contribution < 1.29 is 8.42 Å². The highest BCUT2D eigenvalue weighted by Crippen LogP contribution is 2.12. The van der Waals surface area contributed by atoms with Crippen molar-refractivity contribution >= 4 is 10.0 Å². The predicted octanol–water partition coefficient (Wildman–Crippen LogP) is -0.455. The lowest BCUT2D eigenvalue weighted by Gasteiger charge is -2.29. The van der Waals surface area contributed by atoms with Gasteiger partial charge >= 0.3 is 0 Å². The van der Waals surface area contributed by atoms with Crippen molar-refractivity contribution in [3.63, 3.8) is 0 Å². The lowest BCUT2D eigenvalue weighted by molar-refractivity contribution is 0.391. The number of hydrogen-bond donors (Lipinski definition) is 0. The van der Waals surface area contributed by atoms with Crippen molar-refractivity contribution in [2.45, 2.75) is 6.42 Å². The molecule has 1 aliphatic rings. The molecule has 0 atom stereocenters. The molecule has 0 saturated carbocycles. The minimum absolute atomic E-state index is 0.248. The zero-order chi connectivity index (χ0) is 7.61. The highest BCUT2D eigenvalue weighted by molar-refractivity contribution is 7.90. The maximum Gasteiger partial charge on any atom is 0.215 e. The summed E-state index contributed by atoms with van der Waals surface area (Å²) in [6.45, 7) is 0.947. The zero-order valence-electron chi connectivity index (χ0n) is 5.45. The SMILES string of the molecule is N#CCCN1CCS1(=O)=O. The van der Waals surface area contributed by atoms with Crippen LogP contribution in [0.4, 0.5) is 0 Å². The molecule has 5 heteroatoms. The molecule has 1 saturated heterocycles. The van der Waals surface area contributed by atoms with Gasteiger partial charge in [0.1, 0.15) is 0 Å². The maximum atomic E-state index is 10.7. The fourth-order valence-corrected chi connectivity index (χ4v) is 1.90. The summed E-state index contributed by atoms with van der Waals surface area (Å²) in [6, 6.07) is 1.90. The Morgan fingerprint density at radius 3 is 2.60 bits per heavy atom. The third-order valence-corrected chi connectivity index (χ3v) is 3.32. The van der Waals surface area contributed by atoms with Gasteiger partial charge in [0.25, 0.3) is 0 Å². The van der Waals surface area contributed by atoms with Gasteiger partial charge in [0, 0.05) is 19.5 Å². The van der Waals surface area contributed by atoms with Crippen LogP contribution >= 0.6 is 0 Å². The van der Waals surface area contributed by atoms with Crippen molar-refractivity contribution in [1.29, 1.82) is 5.26 Å². The van der Waals surface area contributed by atoms with E-state index in [2.05, 4.69) is 0 Å². The Kier molecular flexibility index (Phi) is 1.92. The Hall–Kier alpha value is -0.600. The van der Waals surface area contributed by atoms with E-state index in [0.29, 0.717) is 19.5 Å². The first-order valence-corrected chi connectivity index (χ1v) is 4.62. The van der Waals surface area contributed by atoms with Gasteiger partial charge < -0.3 is 0 Å². The number of rotatable bonds is 2. The van der Waals surface area contributed by atoms with Crippen LogP contribution in [-0.2, 0) is 10.0 Å². The quantitative estimate of drug-likeness (QED) is 0.549. The van der Waals surface area contributed by atoms with Crippen molar-refractivity contribution in [3.8, 4) is 6.07 Å². The van der Waals surface area contributed by atoms with E-state index in [0.717, 1.165) is 0 Å². The van der Waals surface area contributed by atoms with Crippen LogP contribution in [0.15, 0.2) is 0 Å². The van der Waals surface area contributed by atoms with E-state index in [-0.39, 0.29) is 5.75 Å². The molecular weight excluding hydrogens is 152 g/mol. The molecule has 0 aromatic heterocycles. The standard InChI is InChI=1S/C5H8N2O2S/c6-2-1-3-7-4-5-10(7,8)9/h1,3-5H2. The number of nitriles is 1. The first-order valence-electron chi connectivity index (χ1n) is 3.01. The third-order valence-electron chi connectivity index (χ3n) is 1.47. The summed E-state index contributed by atoms with van der Waals surface area (Å²) in [7, 11) is -2.91. The van der Waals surface area contributed by atoms with E-state index in [4.69, 9.17) is 5.26 Å². The van der Waals surface area contributed by atoms with Crippen LogP contribution < -0.4 is 0 Å². The largest absolute Gasteiger partial charge is 0.215 e. The maximum absolute atomic E-state index is 10.7. The Morgan fingerprint density at radius 1 is 1.60 bits per heavy atom. The summed E-state index contributed by atoms with van der Waals surface area (Å²) in [5.74, 6) is 0.248. The van der Waals surface area contributed by atoms with Gasteiger partial charge in [0.2, 0.25) is 10.0 Å². The van der Waals surface area contributed by atoms with Gasteiger partial charge in [-0.15, -0.1) is 0 Å². The highest BCUT2D eigenvalue weighted by atomic mass is 32.2. The van der Waals surface area contributed by atoms with Crippen molar-refractivity contribution in [2.24, 2.45) is 0 Å². The first-order chi connectivity index (χ1) is 4.67. The molecule has 10 heavy (non-hydrogen) atoms. The smallest absolute Gasteiger partial charge is 0.212 e. The fraction of sp³-hybridized carbons (Fsp3) is 0.800. The second-order valence-electron chi connectivity index (χ2n) is 2.12. The molecule has 1 fully saturated rings. The molecule has 0 unspecified atom stereocenters. The monoisotopic (exact) mass is 160 g/mol. The van der Waals surface area contributed by atoms with Crippen molar-refractivity contribution in [2.75, 3.05) is 18.8 Å². The molecule has 56 valence electrons. The van der Waals surface area contributed by atoms with E-state index >= 15 is 0 Å². The zero-order valence-corrected chi connectivity index (χ0v) is 6.26. The molecular formula is C5H8N2O2S. The summed E-state index contributed by atoms with van der Waals surface area (Å²) in [5.41, 5.74) is 0. The second-order valence-corrected chi connectivity index (χ2v) is 4.21. The molecule has 0 amide bonds. The first kappa shape index (κ1) is 7.51. The van der Waals surface area contributed by atoms with E-state index in [9.17, 15) is 8.42 Å². The number of nitrogens with zero attached hydrogens (tertiary/aromatic N) is 2. The average Bonchev–Trinajstić information content (AvgIpc) is 1.87. The lowest BCUT2D eigenvalue weighted by Crippen LogP contribution is -2.47. The van der Waals surface area contributed by atoms with Crippen LogP contribution in [0.2, 0.25) is 0 Å². The number of hydrogen-bond acceptors (Lipinski definition) is 3. The van der Waals surface area contributed by atoms with Gasteiger partial charge in [0.15, 0.2) is 0 Å². The molecule has 0 radical (unpaired) electrons. The lowest BCUT2D eigenvalue weighted by atomic mass is 10.4. The van der Waals surface area contributed by atoms with E-state index in [1.165, 1.54) is 4.31 Å². The number of sulfonamides is 1. The molecule has 0 bridgehead atoms. The molecule has 0 aromatic rings. The molecule has 0 spiro atoms. The van der Waals surface area contributed by atoms with Crippen LogP contribution in [0.5, 0.6) is 0 Å². The molecule has 1 rings (SSSR count). The summed E-state index contributed by atoms with van der Waals surface area (Å²) in [5, 5.41) is 8.13. The van der Waals surface area contributed by atoms with E-state index in [1.807, 2.05) is 6.07 Å². The highest BCUT2D eigenvalue weighted by Gasteiger charge is 2.31. The molecule has 0 aromatic carbocycles. The molecule has 0 N–H and O–H groups in total. The van der Waals surface area contributed by atoms with Gasteiger partial charge in [0.05, 0.1) is 11.8 Å². The molecule has 0 aliphatic carbocycles. The van der Waals surface area contributed by atoms with Gasteiger partial charge in [-0.25, -0.2) is 8.42 Å². The van der Waals surface area contributed by atoms with Gasteiger partial charge in [-0.2, -0.15) is 9.57 Å². The van der Waals surface area contributed by atoms with Gasteiger partial charge in [-0.3, -0.25) is 0 Å². The second kappa shape index (κ2) is 2.56. The average molecular weight is 160 g/mol. The Balaban J connectivity index is 2.40. The minimum Gasteiger partial charge on any atom is -0.212 e. The van der Waals surface area contributed by atoms with Crippen LogP contribution in [-0.4, -0.2) is 31.6 Å². The van der Waals surface area contributed by atoms with Crippen LogP contribution in [0.3, 0.4) is 0 Å². The van der Waals surface area contributed by atoms with Crippen LogP contribution in [0, 0.1) is 11.3 Å². The van der Waals surface area contributed by atoms with Crippen LogP contribution in [0.1, 0.15) is 6.42 Å². The van der Waals surface area contributed by atoms with E-state index < -0.39 is 10.0 Å². The summed E-state index contributed by atoms with van der Waals surface area (Å²) in [4.78, 5) is 0. The summed E-state index contributed by atoms with van der Waals surface area (Å²) < 4.78 is 22.8. The fourth-order valence-electron chi connectivity index (χ4n) is 0.795. The molecule has 4 nitrogen and oxygen atoms in total. The topological polar surface area (TPSA) is 61.2 Å². The van der Waals surface area contributed by atoms with Gasteiger partial charge in [-0.05, 0) is 0 Å². The summed E-state index contributed by atoms with van der Waals surface area (Å²) in [6.07, 6.45) is 0.291. The third kappa shape index (κ3) is 1.28. The van der Waals surface area contributed by atoms with E-state index in [1.54, 1.807) is 0 Å². The minimum atomic E-state index is -2.91. The normalized spacial score (nSPS) is 23.1. The Labute approximate surface area is 60.1 Å². The van der Waals surface area contributed by atoms with Crippen molar-refractivity contribution in [3.05, 3.63) is 0 Å². The molecule has 1 heterocycles. The Bertz CT molecular complexity index is 251. The summed E-state index contributed by atoms with van der Waals surface area (Å²) >= 11 is 0. The van der Waals surface area contributed by atoms with Crippen LogP contribution in [0.25, 0.3) is 0 Å². The Morgan fingerprint density at radius 2 is 2.30 bits per heavy atom. The van der Waals surface area contributed by atoms with Crippen molar-refractivity contribution in [1.82, 2.24) is 4.31 Å². The molecule has 1 aliphatic heterocycles.